The van der Waals surface area contributed by atoms with Crippen molar-refractivity contribution in [3.05, 3.63) is 22.7 Å². The number of nitrogens with zero attached hydrogens (tertiary/aromatic N) is 1. The van der Waals surface area contributed by atoms with Crippen LogP contribution in [-0.2, 0) is 0 Å². The number of anilines is 1. The van der Waals surface area contributed by atoms with E-state index in [0.717, 1.165) is 35.5 Å². The Balaban J connectivity index is 2.42. The predicted octanol–water partition coefficient (Wildman–Crippen LogP) is 2.75. The van der Waals surface area contributed by atoms with E-state index in [-0.39, 0.29) is 0 Å². The van der Waals surface area contributed by atoms with Gasteiger partial charge in [0.2, 0.25) is 0 Å². The summed E-state index contributed by atoms with van der Waals surface area (Å²) in [5.41, 5.74) is 6.39. The van der Waals surface area contributed by atoms with Crippen LogP contribution < -0.4 is 10.5 Å². The summed E-state index contributed by atoms with van der Waals surface area (Å²) in [4.78, 5) is 2.32. The average Bonchev–Trinajstić information content (AvgIpc) is 2.27. The molecule has 0 amide bonds. The third-order valence-electron chi connectivity index (χ3n) is 2.52. The Kier molecular flexibility index (Phi) is 5.63. The summed E-state index contributed by atoms with van der Waals surface area (Å²) in [6.45, 7) is 8.07. The monoisotopic (exact) mass is 286 g/mol. The first-order chi connectivity index (χ1) is 7.67. The number of halogens is 1. The van der Waals surface area contributed by atoms with Gasteiger partial charge in [-0.1, -0.05) is 13.8 Å². The second kappa shape index (κ2) is 6.76. The summed E-state index contributed by atoms with van der Waals surface area (Å²) < 4.78 is 6.59. The molecule has 0 aromatic heterocycles. The van der Waals surface area contributed by atoms with E-state index in [1.54, 1.807) is 0 Å². The number of rotatable bonds is 6. The number of ether oxygens (including phenoxy) is 1. The summed E-state index contributed by atoms with van der Waals surface area (Å²) >= 11 is 3.43. The molecule has 0 heterocycles. The normalized spacial score (nSPS) is 10.8. The van der Waals surface area contributed by atoms with Gasteiger partial charge >= 0.3 is 0 Å². The van der Waals surface area contributed by atoms with Gasteiger partial charge in [0.15, 0.2) is 0 Å². The lowest BCUT2D eigenvalue weighted by atomic mass is 10.3. The van der Waals surface area contributed by atoms with Gasteiger partial charge in [0.25, 0.3) is 0 Å². The average molecular weight is 287 g/mol. The van der Waals surface area contributed by atoms with Crippen LogP contribution in [0, 0.1) is 0 Å². The van der Waals surface area contributed by atoms with Gasteiger partial charge in [-0.3, -0.25) is 0 Å². The minimum absolute atomic E-state index is 0.699. The van der Waals surface area contributed by atoms with Gasteiger partial charge in [0.05, 0.1) is 4.47 Å². The SMILES string of the molecule is CCN(CC)CCOc1ccc(N)cc1Br. The molecule has 0 saturated carbocycles. The van der Waals surface area contributed by atoms with Gasteiger partial charge < -0.3 is 15.4 Å². The molecule has 0 fully saturated rings. The molecule has 0 aliphatic carbocycles. The Morgan fingerprint density at radius 2 is 2.00 bits per heavy atom. The van der Waals surface area contributed by atoms with Crippen molar-refractivity contribution in [2.75, 3.05) is 32.0 Å². The molecule has 16 heavy (non-hydrogen) atoms. The summed E-state index contributed by atoms with van der Waals surface area (Å²) in [6.07, 6.45) is 0. The molecule has 0 bridgehead atoms. The van der Waals surface area contributed by atoms with Crippen molar-refractivity contribution in [3.63, 3.8) is 0 Å². The number of hydrogen-bond donors (Lipinski definition) is 1. The number of nitrogens with two attached hydrogens (primary N) is 1. The van der Waals surface area contributed by atoms with Crippen molar-refractivity contribution in [1.29, 1.82) is 0 Å². The number of hydrogen-bond acceptors (Lipinski definition) is 3. The van der Waals surface area contributed by atoms with E-state index in [1.807, 2.05) is 18.2 Å². The summed E-state index contributed by atoms with van der Waals surface area (Å²) in [6, 6.07) is 5.59. The Morgan fingerprint density at radius 3 is 2.56 bits per heavy atom. The lowest BCUT2D eigenvalue weighted by molar-refractivity contribution is 0.222. The van der Waals surface area contributed by atoms with Crippen molar-refractivity contribution < 1.29 is 4.74 Å². The lowest BCUT2D eigenvalue weighted by Gasteiger charge is -2.18. The van der Waals surface area contributed by atoms with Crippen LogP contribution in [0.3, 0.4) is 0 Å². The minimum Gasteiger partial charge on any atom is -0.491 e. The van der Waals surface area contributed by atoms with Crippen LogP contribution in [-0.4, -0.2) is 31.1 Å². The fraction of sp³-hybridized carbons (Fsp3) is 0.500. The maximum Gasteiger partial charge on any atom is 0.133 e. The number of nitrogen functional groups attached to an aromatic ring is 1. The zero-order valence-corrected chi connectivity index (χ0v) is 11.5. The third-order valence-corrected chi connectivity index (χ3v) is 3.14. The highest BCUT2D eigenvalue weighted by atomic mass is 79.9. The molecular weight excluding hydrogens is 268 g/mol. The number of benzene rings is 1. The standard InChI is InChI=1S/C12H19BrN2O/c1-3-15(4-2)7-8-16-12-6-5-10(14)9-11(12)13/h5-6,9H,3-4,7-8,14H2,1-2H3. The van der Waals surface area contributed by atoms with Crippen molar-refractivity contribution in [3.8, 4) is 5.75 Å². The highest BCUT2D eigenvalue weighted by molar-refractivity contribution is 9.10. The van der Waals surface area contributed by atoms with E-state index in [4.69, 9.17) is 10.5 Å². The zero-order valence-electron chi connectivity index (χ0n) is 9.87. The molecule has 0 aliphatic rings. The smallest absolute Gasteiger partial charge is 0.133 e. The van der Waals surface area contributed by atoms with Crippen molar-refractivity contribution in [2.45, 2.75) is 13.8 Å². The van der Waals surface area contributed by atoms with Crippen LogP contribution in [0.1, 0.15) is 13.8 Å². The molecule has 2 N–H and O–H groups in total. The Hall–Kier alpha value is -0.740. The van der Waals surface area contributed by atoms with Gasteiger partial charge in [-0.15, -0.1) is 0 Å². The van der Waals surface area contributed by atoms with Crippen molar-refractivity contribution in [2.24, 2.45) is 0 Å². The molecular formula is C12H19BrN2O. The molecule has 90 valence electrons. The highest BCUT2D eigenvalue weighted by Crippen LogP contribution is 2.26. The van der Waals surface area contributed by atoms with E-state index in [0.29, 0.717) is 6.61 Å². The molecule has 0 saturated heterocycles. The van der Waals surface area contributed by atoms with Crippen LogP contribution >= 0.6 is 15.9 Å². The highest BCUT2D eigenvalue weighted by Gasteiger charge is 2.03. The van der Waals surface area contributed by atoms with Gasteiger partial charge in [0, 0.05) is 12.2 Å². The van der Waals surface area contributed by atoms with E-state index in [2.05, 4.69) is 34.7 Å². The molecule has 0 aliphatic heterocycles. The largest absolute Gasteiger partial charge is 0.491 e. The maximum absolute atomic E-state index is 5.68. The first-order valence-electron chi connectivity index (χ1n) is 5.57. The van der Waals surface area contributed by atoms with Crippen molar-refractivity contribution in [1.82, 2.24) is 4.90 Å². The minimum atomic E-state index is 0.699. The van der Waals surface area contributed by atoms with E-state index in [1.165, 1.54) is 0 Å². The van der Waals surface area contributed by atoms with Crippen LogP contribution in [0.15, 0.2) is 22.7 Å². The fourth-order valence-electron chi connectivity index (χ4n) is 1.46. The van der Waals surface area contributed by atoms with E-state index in [9.17, 15) is 0 Å². The second-order valence-electron chi connectivity index (χ2n) is 3.57. The van der Waals surface area contributed by atoms with Gasteiger partial charge in [-0.25, -0.2) is 0 Å². The molecule has 1 rings (SSSR count). The van der Waals surface area contributed by atoms with Crippen LogP contribution in [0.25, 0.3) is 0 Å². The predicted molar refractivity (Wildman–Crippen MR) is 71.8 cm³/mol. The molecule has 0 unspecified atom stereocenters. The summed E-state index contributed by atoms with van der Waals surface area (Å²) in [5.74, 6) is 0.848. The zero-order chi connectivity index (χ0) is 12.0. The van der Waals surface area contributed by atoms with Gasteiger partial charge in [-0.2, -0.15) is 0 Å². The van der Waals surface area contributed by atoms with Crippen LogP contribution in [0.2, 0.25) is 0 Å². The molecule has 0 atom stereocenters. The Bertz CT molecular complexity index is 327. The maximum atomic E-state index is 5.68. The third kappa shape index (κ3) is 4.02. The first-order valence-corrected chi connectivity index (χ1v) is 6.36. The topological polar surface area (TPSA) is 38.5 Å². The molecule has 3 nitrogen and oxygen atoms in total. The van der Waals surface area contributed by atoms with Crippen LogP contribution in [0.4, 0.5) is 5.69 Å². The molecule has 0 radical (unpaired) electrons. The summed E-state index contributed by atoms with van der Waals surface area (Å²) in [7, 11) is 0. The van der Waals surface area contributed by atoms with E-state index < -0.39 is 0 Å². The Morgan fingerprint density at radius 1 is 1.31 bits per heavy atom. The van der Waals surface area contributed by atoms with Crippen molar-refractivity contribution >= 4 is 21.6 Å². The fourth-order valence-corrected chi connectivity index (χ4v) is 1.97. The van der Waals surface area contributed by atoms with E-state index >= 15 is 0 Å². The van der Waals surface area contributed by atoms with Gasteiger partial charge in [0.1, 0.15) is 12.4 Å². The molecule has 1 aromatic rings. The Labute approximate surface area is 106 Å². The first kappa shape index (κ1) is 13.3. The molecule has 0 spiro atoms. The number of likely N-dealkylation sites (N-methyl/N-ethyl adjacent to an activating group) is 1. The lowest BCUT2D eigenvalue weighted by Crippen LogP contribution is -2.27. The van der Waals surface area contributed by atoms with Gasteiger partial charge in [-0.05, 0) is 47.2 Å². The second-order valence-corrected chi connectivity index (χ2v) is 4.42. The van der Waals surface area contributed by atoms with Crippen LogP contribution in [0.5, 0.6) is 5.75 Å². The summed E-state index contributed by atoms with van der Waals surface area (Å²) in [5, 5.41) is 0. The quantitative estimate of drug-likeness (QED) is 0.818. The molecule has 1 aromatic carbocycles. The molecule has 4 heteroatoms.